The number of hydrogen-bond acceptors (Lipinski definition) is 0. The van der Waals surface area contributed by atoms with Crippen LogP contribution >= 0.6 is 0 Å². The molecular formula is C15H16. The van der Waals surface area contributed by atoms with Crippen LogP contribution in [0.2, 0.25) is 0 Å². The van der Waals surface area contributed by atoms with Crippen molar-refractivity contribution in [2.45, 2.75) is 19.8 Å². The number of hydrogen-bond donors (Lipinski definition) is 0. The van der Waals surface area contributed by atoms with Gasteiger partial charge in [-0.2, -0.15) is 0 Å². The topological polar surface area (TPSA) is 0 Å². The molecule has 0 saturated heterocycles. The number of benzene rings is 2. The number of rotatable bonds is 3. The zero-order valence-electron chi connectivity index (χ0n) is 9.16. The third kappa shape index (κ3) is 2.10. The van der Waals surface area contributed by atoms with E-state index >= 15 is 0 Å². The third-order valence-electron chi connectivity index (χ3n) is 2.76. The molecule has 0 atom stereocenters. The first-order chi connectivity index (χ1) is 7.33. The van der Waals surface area contributed by atoms with Gasteiger partial charge in [0.2, 0.25) is 0 Å². The summed E-state index contributed by atoms with van der Waals surface area (Å²) in [6, 6.07) is 13.3. The molecule has 0 unspecified atom stereocenters. The minimum Gasteiger partial charge on any atom is -0.103 e. The van der Waals surface area contributed by atoms with Gasteiger partial charge in [0.05, 0.1) is 0 Å². The molecular weight excluding hydrogens is 180 g/mol. The van der Waals surface area contributed by atoms with E-state index in [0.717, 1.165) is 12.8 Å². The molecule has 0 aliphatic rings. The number of allylic oxidation sites excluding steroid dienone is 1. The van der Waals surface area contributed by atoms with Crippen molar-refractivity contribution in [3.05, 3.63) is 60.2 Å². The highest BCUT2D eigenvalue weighted by atomic mass is 14.0. The lowest BCUT2D eigenvalue weighted by molar-refractivity contribution is 1.15. The van der Waals surface area contributed by atoms with Crippen molar-refractivity contribution in [2.75, 3.05) is 0 Å². The van der Waals surface area contributed by atoms with Crippen molar-refractivity contribution in [1.29, 1.82) is 0 Å². The van der Waals surface area contributed by atoms with E-state index in [9.17, 15) is 0 Å². The van der Waals surface area contributed by atoms with Crippen LogP contribution in [0.25, 0.3) is 10.8 Å². The fourth-order valence-electron chi connectivity index (χ4n) is 1.86. The van der Waals surface area contributed by atoms with Gasteiger partial charge in [0.1, 0.15) is 0 Å². The van der Waals surface area contributed by atoms with Crippen LogP contribution in [0.4, 0.5) is 0 Å². The van der Waals surface area contributed by atoms with Crippen LogP contribution in [0.15, 0.2) is 49.1 Å². The van der Waals surface area contributed by atoms with E-state index in [1.807, 2.05) is 6.08 Å². The molecule has 0 fully saturated rings. The molecule has 0 heterocycles. The van der Waals surface area contributed by atoms with E-state index in [0.29, 0.717) is 0 Å². The first-order valence-corrected chi connectivity index (χ1v) is 5.46. The largest absolute Gasteiger partial charge is 0.103 e. The average molecular weight is 196 g/mol. The Morgan fingerprint density at radius 3 is 2.20 bits per heavy atom. The Hall–Kier alpha value is -1.56. The maximum atomic E-state index is 3.76. The molecule has 0 nitrogen and oxygen atoms in total. The lowest BCUT2D eigenvalue weighted by Gasteiger charge is -2.03. The van der Waals surface area contributed by atoms with Crippen molar-refractivity contribution < 1.29 is 0 Å². The molecule has 0 N–H and O–H groups in total. The lowest BCUT2D eigenvalue weighted by atomic mass is 10.0. The van der Waals surface area contributed by atoms with E-state index in [4.69, 9.17) is 0 Å². The van der Waals surface area contributed by atoms with Crippen LogP contribution in [-0.2, 0) is 12.8 Å². The third-order valence-corrected chi connectivity index (χ3v) is 2.76. The summed E-state index contributed by atoms with van der Waals surface area (Å²) in [6.45, 7) is 5.95. The molecule has 0 spiro atoms. The Morgan fingerprint density at radius 1 is 1.00 bits per heavy atom. The van der Waals surface area contributed by atoms with Crippen LogP contribution in [0, 0.1) is 0 Å². The SMILES string of the molecule is C=CCc1ccc2cc(CC)ccc2c1. The summed E-state index contributed by atoms with van der Waals surface area (Å²) in [5.41, 5.74) is 2.74. The Kier molecular flexibility index (Phi) is 2.86. The fraction of sp³-hybridized carbons (Fsp3) is 0.200. The maximum Gasteiger partial charge on any atom is -0.00999 e. The molecule has 76 valence electrons. The normalized spacial score (nSPS) is 10.5. The minimum absolute atomic E-state index is 0.950. The Labute approximate surface area is 91.2 Å². The predicted molar refractivity (Wildman–Crippen MR) is 67.2 cm³/mol. The van der Waals surface area contributed by atoms with E-state index in [-0.39, 0.29) is 0 Å². The zero-order valence-corrected chi connectivity index (χ0v) is 9.16. The van der Waals surface area contributed by atoms with Crippen LogP contribution < -0.4 is 0 Å². The van der Waals surface area contributed by atoms with Gasteiger partial charge >= 0.3 is 0 Å². The summed E-state index contributed by atoms with van der Waals surface area (Å²) >= 11 is 0. The van der Waals surface area contributed by atoms with Gasteiger partial charge in [0.25, 0.3) is 0 Å². The molecule has 0 heteroatoms. The van der Waals surface area contributed by atoms with Crippen LogP contribution in [0.5, 0.6) is 0 Å². The van der Waals surface area contributed by atoms with Crippen molar-refractivity contribution >= 4 is 10.8 Å². The number of fused-ring (bicyclic) bond motifs is 1. The Morgan fingerprint density at radius 2 is 1.60 bits per heavy atom. The van der Waals surface area contributed by atoms with Crippen LogP contribution in [0.3, 0.4) is 0 Å². The number of aryl methyl sites for hydroxylation is 1. The van der Waals surface area contributed by atoms with Gasteiger partial charge in [-0.3, -0.25) is 0 Å². The summed E-state index contributed by atoms with van der Waals surface area (Å²) in [5, 5.41) is 2.66. The second kappa shape index (κ2) is 4.31. The average Bonchev–Trinajstić information content (AvgIpc) is 2.29. The maximum absolute atomic E-state index is 3.76. The van der Waals surface area contributed by atoms with Gasteiger partial charge < -0.3 is 0 Å². The molecule has 0 bridgehead atoms. The molecule has 0 aliphatic heterocycles. The second-order valence-electron chi connectivity index (χ2n) is 3.86. The minimum atomic E-state index is 0.950. The quantitative estimate of drug-likeness (QED) is 0.647. The molecule has 0 amide bonds. The molecule has 15 heavy (non-hydrogen) atoms. The monoisotopic (exact) mass is 196 g/mol. The molecule has 0 aromatic heterocycles. The van der Waals surface area contributed by atoms with Gasteiger partial charge in [-0.1, -0.05) is 49.4 Å². The molecule has 0 aliphatic carbocycles. The van der Waals surface area contributed by atoms with E-state index in [1.54, 1.807) is 0 Å². The van der Waals surface area contributed by atoms with Gasteiger partial charge in [0.15, 0.2) is 0 Å². The summed E-state index contributed by atoms with van der Waals surface area (Å²) in [5.74, 6) is 0. The van der Waals surface area contributed by atoms with Crippen LogP contribution in [0.1, 0.15) is 18.1 Å². The fourth-order valence-corrected chi connectivity index (χ4v) is 1.86. The van der Waals surface area contributed by atoms with Crippen molar-refractivity contribution in [2.24, 2.45) is 0 Å². The molecule has 0 radical (unpaired) electrons. The standard InChI is InChI=1S/C15H16/c1-3-5-13-7-9-14-10-12(4-2)6-8-15(14)11-13/h3,6-11H,1,4-5H2,2H3. The second-order valence-corrected chi connectivity index (χ2v) is 3.86. The molecule has 2 rings (SSSR count). The van der Waals surface area contributed by atoms with Gasteiger partial charge in [-0.15, -0.1) is 6.58 Å². The van der Waals surface area contributed by atoms with Crippen molar-refractivity contribution in [3.63, 3.8) is 0 Å². The van der Waals surface area contributed by atoms with Crippen molar-refractivity contribution in [1.82, 2.24) is 0 Å². The van der Waals surface area contributed by atoms with E-state index < -0.39 is 0 Å². The first-order valence-electron chi connectivity index (χ1n) is 5.46. The lowest BCUT2D eigenvalue weighted by Crippen LogP contribution is -1.83. The zero-order chi connectivity index (χ0) is 10.7. The highest BCUT2D eigenvalue weighted by Crippen LogP contribution is 2.18. The highest BCUT2D eigenvalue weighted by molar-refractivity contribution is 5.83. The predicted octanol–water partition coefficient (Wildman–Crippen LogP) is 4.13. The van der Waals surface area contributed by atoms with Gasteiger partial charge in [0, 0.05) is 0 Å². The summed E-state index contributed by atoms with van der Waals surface area (Å²) < 4.78 is 0. The van der Waals surface area contributed by atoms with Gasteiger partial charge in [-0.05, 0) is 34.7 Å². The molecule has 2 aromatic carbocycles. The van der Waals surface area contributed by atoms with E-state index in [1.165, 1.54) is 21.9 Å². The molecule has 0 saturated carbocycles. The van der Waals surface area contributed by atoms with Crippen LogP contribution in [-0.4, -0.2) is 0 Å². The molecule has 2 aromatic rings. The Bertz CT molecular complexity index is 480. The summed E-state index contributed by atoms with van der Waals surface area (Å²) in [7, 11) is 0. The highest BCUT2D eigenvalue weighted by Gasteiger charge is 1.96. The van der Waals surface area contributed by atoms with Crippen molar-refractivity contribution in [3.8, 4) is 0 Å². The smallest absolute Gasteiger partial charge is 0.00999 e. The Balaban J connectivity index is 2.49. The summed E-state index contributed by atoms with van der Waals surface area (Å²) in [6.07, 6.45) is 4.00. The first kappa shape index (κ1) is 9.97. The van der Waals surface area contributed by atoms with E-state index in [2.05, 4.69) is 49.9 Å². The van der Waals surface area contributed by atoms with Gasteiger partial charge in [-0.25, -0.2) is 0 Å². The summed E-state index contributed by atoms with van der Waals surface area (Å²) in [4.78, 5) is 0.